The van der Waals surface area contributed by atoms with Gasteiger partial charge < -0.3 is 5.32 Å². The van der Waals surface area contributed by atoms with Crippen LogP contribution in [0.4, 0.5) is 0 Å². The molecule has 0 fully saturated rings. The molecule has 1 aliphatic heterocycles. The lowest BCUT2D eigenvalue weighted by molar-refractivity contribution is -0.133. The first kappa shape index (κ1) is 21.2. The second kappa shape index (κ2) is 10.3. The Morgan fingerprint density at radius 2 is 1.86 bits per heavy atom. The molecule has 0 saturated carbocycles. The molecule has 154 valence electrons. The van der Waals surface area contributed by atoms with Crippen molar-refractivity contribution < 1.29 is 9.59 Å². The molecule has 0 radical (unpaired) electrons. The molecule has 1 aromatic heterocycles. The van der Waals surface area contributed by atoms with Gasteiger partial charge in [-0.2, -0.15) is 5.10 Å². The van der Waals surface area contributed by atoms with Crippen LogP contribution in [-0.2, 0) is 9.59 Å². The van der Waals surface area contributed by atoms with Gasteiger partial charge in [-0.3, -0.25) is 9.59 Å². The van der Waals surface area contributed by atoms with Crippen molar-refractivity contribution in [3.8, 4) is 0 Å². The minimum atomic E-state index is -0.0960. The molecule has 2 amide bonds. The maximum atomic E-state index is 12.6. The highest BCUT2D eigenvalue weighted by Gasteiger charge is 2.25. The predicted molar refractivity (Wildman–Crippen MR) is 118 cm³/mol. The van der Waals surface area contributed by atoms with Gasteiger partial charge in [0.25, 0.3) is 0 Å². The zero-order chi connectivity index (χ0) is 20.6. The van der Waals surface area contributed by atoms with Crippen molar-refractivity contribution in [1.82, 2.24) is 10.3 Å². The fourth-order valence-electron chi connectivity index (χ4n) is 3.72. The molecule has 0 bridgehead atoms. The highest BCUT2D eigenvalue weighted by atomic mass is 32.1. The monoisotopic (exact) mass is 411 g/mol. The highest BCUT2D eigenvalue weighted by Crippen LogP contribution is 2.30. The van der Waals surface area contributed by atoms with Crippen LogP contribution >= 0.6 is 11.3 Å². The van der Waals surface area contributed by atoms with E-state index in [9.17, 15) is 9.59 Å². The Balaban J connectivity index is 1.54. The van der Waals surface area contributed by atoms with Crippen molar-refractivity contribution in [1.29, 1.82) is 0 Å². The second-order valence-electron chi connectivity index (χ2n) is 7.32. The molecule has 1 aliphatic rings. The van der Waals surface area contributed by atoms with Gasteiger partial charge in [-0.05, 0) is 22.9 Å². The number of carbonyl (C=O) groups excluding carboxylic acids is 2. The van der Waals surface area contributed by atoms with E-state index in [1.807, 2.05) is 41.8 Å². The van der Waals surface area contributed by atoms with Crippen LogP contribution in [0.25, 0.3) is 0 Å². The first-order valence-corrected chi connectivity index (χ1v) is 11.3. The number of amides is 2. The summed E-state index contributed by atoms with van der Waals surface area (Å²) in [7, 11) is 0. The minimum Gasteiger partial charge on any atom is -0.348 e. The van der Waals surface area contributed by atoms with E-state index in [0.29, 0.717) is 12.5 Å². The number of benzene rings is 1. The molecule has 5 nitrogen and oxygen atoms in total. The topological polar surface area (TPSA) is 61.8 Å². The number of rotatable bonds is 9. The standard InChI is InChI=1S/C23H29N3O2S/c1-3-17(4-2)23(20-11-8-16-29-20)24-21(27)12-13-22(28)26-15-14-19(25-26)18-9-6-5-7-10-18/h5-11,16-17,23H,3-4,12-15H2,1-2H3,(H,24,27). The number of nitrogens with zero attached hydrogens (tertiary/aromatic N) is 2. The zero-order valence-corrected chi connectivity index (χ0v) is 18.0. The summed E-state index contributed by atoms with van der Waals surface area (Å²) in [5.74, 6) is 0.223. The predicted octanol–water partition coefficient (Wildman–Crippen LogP) is 4.76. The van der Waals surface area contributed by atoms with Gasteiger partial charge in [0.2, 0.25) is 11.8 Å². The van der Waals surface area contributed by atoms with Crippen LogP contribution in [-0.4, -0.2) is 29.1 Å². The Labute approximate surface area is 176 Å². The minimum absolute atomic E-state index is 0.0158. The molecule has 3 rings (SSSR count). The third-order valence-electron chi connectivity index (χ3n) is 5.45. The summed E-state index contributed by atoms with van der Waals surface area (Å²) in [6.07, 6.45) is 3.12. The summed E-state index contributed by atoms with van der Waals surface area (Å²) >= 11 is 1.67. The molecule has 29 heavy (non-hydrogen) atoms. The molecule has 0 saturated heterocycles. The summed E-state index contributed by atoms with van der Waals surface area (Å²) in [4.78, 5) is 26.3. The second-order valence-corrected chi connectivity index (χ2v) is 8.30. The number of hydrogen-bond acceptors (Lipinski definition) is 4. The summed E-state index contributed by atoms with van der Waals surface area (Å²) in [5, 5.41) is 11.2. The van der Waals surface area contributed by atoms with E-state index in [0.717, 1.165) is 30.5 Å². The summed E-state index contributed by atoms with van der Waals surface area (Å²) in [6.45, 7) is 4.89. The van der Waals surface area contributed by atoms with Gasteiger partial charge in [0.05, 0.1) is 18.3 Å². The average molecular weight is 412 g/mol. The van der Waals surface area contributed by atoms with E-state index >= 15 is 0 Å². The molecular weight excluding hydrogens is 382 g/mol. The quantitative estimate of drug-likeness (QED) is 0.647. The molecule has 1 unspecified atom stereocenters. The molecule has 1 atom stereocenters. The van der Waals surface area contributed by atoms with Gasteiger partial charge >= 0.3 is 0 Å². The average Bonchev–Trinajstić information content (AvgIpc) is 3.45. The first-order valence-electron chi connectivity index (χ1n) is 10.4. The molecular formula is C23H29N3O2S. The SMILES string of the molecule is CCC(CC)C(NC(=O)CCC(=O)N1CCC(c2ccccc2)=N1)c1cccs1. The van der Waals surface area contributed by atoms with Crippen LogP contribution in [0.5, 0.6) is 0 Å². The van der Waals surface area contributed by atoms with Gasteiger partial charge in [0.15, 0.2) is 0 Å². The van der Waals surface area contributed by atoms with Gasteiger partial charge in [-0.25, -0.2) is 5.01 Å². The van der Waals surface area contributed by atoms with Crippen molar-refractivity contribution in [3.63, 3.8) is 0 Å². The van der Waals surface area contributed by atoms with Crippen molar-refractivity contribution in [2.24, 2.45) is 11.0 Å². The Hall–Kier alpha value is -2.47. The van der Waals surface area contributed by atoms with E-state index in [2.05, 4.69) is 30.3 Å². The maximum Gasteiger partial charge on any atom is 0.243 e. The van der Waals surface area contributed by atoms with Crippen LogP contribution in [0.2, 0.25) is 0 Å². The van der Waals surface area contributed by atoms with E-state index in [1.165, 1.54) is 9.89 Å². The highest BCUT2D eigenvalue weighted by molar-refractivity contribution is 7.10. The van der Waals surface area contributed by atoms with Gasteiger partial charge in [0.1, 0.15) is 0 Å². The lowest BCUT2D eigenvalue weighted by Gasteiger charge is -2.25. The molecule has 0 spiro atoms. The van der Waals surface area contributed by atoms with E-state index in [-0.39, 0.29) is 30.7 Å². The lowest BCUT2D eigenvalue weighted by atomic mass is 9.93. The van der Waals surface area contributed by atoms with Crippen LogP contribution in [0.3, 0.4) is 0 Å². The number of hydrogen-bond donors (Lipinski definition) is 1. The Kier molecular flexibility index (Phi) is 7.58. The fraction of sp³-hybridized carbons (Fsp3) is 0.435. The van der Waals surface area contributed by atoms with Gasteiger partial charge in [-0.1, -0.05) is 63.1 Å². The number of thiophene rings is 1. The molecule has 2 heterocycles. The largest absolute Gasteiger partial charge is 0.348 e. The summed E-state index contributed by atoms with van der Waals surface area (Å²) < 4.78 is 0. The number of hydrazone groups is 1. The zero-order valence-electron chi connectivity index (χ0n) is 17.1. The fourth-order valence-corrected chi connectivity index (χ4v) is 4.58. The maximum absolute atomic E-state index is 12.6. The third kappa shape index (κ3) is 5.54. The Bertz CT molecular complexity index is 829. The van der Waals surface area contributed by atoms with Crippen LogP contribution in [0.1, 0.15) is 62.4 Å². The number of carbonyl (C=O) groups is 2. The van der Waals surface area contributed by atoms with E-state index in [4.69, 9.17) is 0 Å². The third-order valence-corrected chi connectivity index (χ3v) is 6.40. The van der Waals surface area contributed by atoms with E-state index in [1.54, 1.807) is 11.3 Å². The smallest absolute Gasteiger partial charge is 0.243 e. The normalized spacial score (nSPS) is 14.7. The number of nitrogens with one attached hydrogen (secondary N) is 1. The van der Waals surface area contributed by atoms with Crippen molar-refractivity contribution in [3.05, 3.63) is 58.3 Å². The first-order chi connectivity index (χ1) is 14.1. The van der Waals surface area contributed by atoms with Crippen LogP contribution in [0, 0.1) is 5.92 Å². The molecule has 1 aromatic carbocycles. The molecule has 2 aromatic rings. The van der Waals surface area contributed by atoms with Gasteiger partial charge in [0, 0.05) is 24.1 Å². The molecule has 1 N–H and O–H groups in total. The van der Waals surface area contributed by atoms with Gasteiger partial charge in [-0.15, -0.1) is 11.3 Å². The van der Waals surface area contributed by atoms with E-state index < -0.39 is 0 Å². The summed E-state index contributed by atoms with van der Waals surface area (Å²) in [6, 6.07) is 14.0. The Morgan fingerprint density at radius 1 is 1.10 bits per heavy atom. The van der Waals surface area contributed by atoms with Crippen molar-refractivity contribution in [2.75, 3.05) is 6.54 Å². The summed E-state index contributed by atoms with van der Waals surface area (Å²) in [5.41, 5.74) is 1.97. The lowest BCUT2D eigenvalue weighted by Crippen LogP contribution is -2.33. The van der Waals surface area contributed by atoms with Crippen LogP contribution in [0.15, 0.2) is 52.9 Å². The molecule has 0 aliphatic carbocycles. The van der Waals surface area contributed by atoms with Crippen LogP contribution < -0.4 is 5.32 Å². The van der Waals surface area contributed by atoms with Crippen molar-refractivity contribution >= 4 is 28.9 Å². The molecule has 6 heteroatoms. The van der Waals surface area contributed by atoms with Crippen molar-refractivity contribution in [2.45, 2.75) is 52.0 Å². The Morgan fingerprint density at radius 3 is 2.52 bits per heavy atom.